The van der Waals surface area contributed by atoms with Gasteiger partial charge in [-0.2, -0.15) is 0 Å². The average molecular weight is 374 g/mol. The van der Waals surface area contributed by atoms with Gasteiger partial charge in [0.25, 0.3) is 0 Å². The molecule has 0 bridgehead atoms. The average Bonchev–Trinajstić information content (AvgIpc) is 2.50. The summed E-state index contributed by atoms with van der Waals surface area (Å²) in [6.07, 6.45) is 2.90. The predicted molar refractivity (Wildman–Crippen MR) is 96.3 cm³/mol. The van der Waals surface area contributed by atoms with Gasteiger partial charge in [0.2, 0.25) is 10.0 Å². The second-order valence-corrected chi connectivity index (χ2v) is 7.64. The number of benzene rings is 1. The van der Waals surface area contributed by atoms with Gasteiger partial charge in [-0.25, -0.2) is 13.4 Å². The van der Waals surface area contributed by atoms with Crippen molar-refractivity contribution in [2.75, 3.05) is 15.8 Å². The molecule has 0 fully saturated rings. The van der Waals surface area contributed by atoms with Crippen molar-refractivity contribution in [2.45, 2.75) is 19.8 Å². The van der Waals surface area contributed by atoms with Crippen LogP contribution in [0.3, 0.4) is 0 Å². The Bertz CT molecular complexity index is 765. The zero-order valence-corrected chi connectivity index (χ0v) is 14.8. The summed E-state index contributed by atoms with van der Waals surface area (Å²) in [6, 6.07) is 8.40. The summed E-state index contributed by atoms with van der Waals surface area (Å²) < 4.78 is 26.2. The van der Waals surface area contributed by atoms with Crippen LogP contribution < -0.4 is 10.0 Å². The largest absolute Gasteiger partial charge is 0.339 e. The number of hydrogen-bond acceptors (Lipinski definition) is 4. The molecule has 0 atom stereocenters. The van der Waals surface area contributed by atoms with E-state index >= 15 is 0 Å². The minimum absolute atomic E-state index is 0.101. The molecule has 1 heterocycles. The number of rotatable bonds is 7. The fourth-order valence-corrected chi connectivity index (χ4v) is 3.53. The molecule has 0 saturated carbocycles. The highest BCUT2D eigenvalue weighted by Crippen LogP contribution is 2.27. The van der Waals surface area contributed by atoms with Crippen LogP contribution in [0.15, 0.2) is 36.5 Å². The van der Waals surface area contributed by atoms with Gasteiger partial charge in [0.15, 0.2) is 0 Å². The Labute approximate surface area is 146 Å². The van der Waals surface area contributed by atoms with Crippen molar-refractivity contribution < 1.29 is 8.42 Å². The Kier molecular flexibility index (Phi) is 6.10. The molecule has 0 aliphatic carbocycles. The number of hydrogen-bond donors (Lipinski definition) is 2. The highest BCUT2D eigenvalue weighted by molar-refractivity contribution is 7.92. The quantitative estimate of drug-likeness (QED) is 0.739. The molecule has 0 unspecified atom stereocenters. The van der Waals surface area contributed by atoms with E-state index in [1.165, 1.54) is 6.20 Å². The molecule has 124 valence electrons. The van der Waals surface area contributed by atoms with Crippen molar-refractivity contribution >= 4 is 50.4 Å². The molecule has 0 radical (unpaired) electrons. The molecule has 1 aromatic carbocycles. The lowest BCUT2D eigenvalue weighted by atomic mass is 10.3. The van der Waals surface area contributed by atoms with E-state index in [-0.39, 0.29) is 5.75 Å². The third-order valence-electron chi connectivity index (χ3n) is 3.00. The fraction of sp³-hybridized carbons (Fsp3) is 0.267. The van der Waals surface area contributed by atoms with Gasteiger partial charge in [0, 0.05) is 5.02 Å². The van der Waals surface area contributed by atoms with Crippen LogP contribution in [0.2, 0.25) is 10.0 Å². The molecule has 1 aromatic heterocycles. The van der Waals surface area contributed by atoms with Crippen LogP contribution in [0.5, 0.6) is 0 Å². The normalized spacial score (nSPS) is 11.3. The second-order valence-electron chi connectivity index (χ2n) is 4.96. The maximum atomic E-state index is 11.8. The van der Waals surface area contributed by atoms with Gasteiger partial charge in [0.1, 0.15) is 5.82 Å². The van der Waals surface area contributed by atoms with Gasteiger partial charge in [-0.15, -0.1) is 0 Å². The summed E-state index contributed by atoms with van der Waals surface area (Å²) in [5.74, 6) is 0.648. The number of aromatic nitrogens is 1. The van der Waals surface area contributed by atoms with Gasteiger partial charge >= 0.3 is 0 Å². The van der Waals surface area contributed by atoms with E-state index in [1.54, 1.807) is 30.3 Å². The highest BCUT2D eigenvalue weighted by atomic mass is 35.5. The third-order valence-corrected chi connectivity index (χ3v) is 4.92. The lowest BCUT2D eigenvalue weighted by molar-refractivity contribution is 0.598. The SMILES string of the molecule is CCCCS(=O)(=O)Nc1ccc(Nc2ccc(Cl)cc2Cl)nc1. The van der Waals surface area contributed by atoms with Crippen molar-refractivity contribution in [3.63, 3.8) is 0 Å². The summed E-state index contributed by atoms with van der Waals surface area (Å²) >= 11 is 11.9. The van der Waals surface area contributed by atoms with Gasteiger partial charge < -0.3 is 5.32 Å². The first-order valence-electron chi connectivity index (χ1n) is 7.08. The lowest BCUT2D eigenvalue weighted by Crippen LogP contribution is -2.16. The van der Waals surface area contributed by atoms with Gasteiger partial charge in [-0.3, -0.25) is 4.72 Å². The molecule has 0 amide bonds. The van der Waals surface area contributed by atoms with Crippen LogP contribution in [0.1, 0.15) is 19.8 Å². The molecule has 0 saturated heterocycles. The Balaban J connectivity index is 2.05. The molecular weight excluding hydrogens is 357 g/mol. The molecule has 2 rings (SSSR count). The van der Waals surface area contributed by atoms with E-state index in [0.717, 1.165) is 6.42 Å². The number of halogens is 2. The van der Waals surface area contributed by atoms with Crippen LogP contribution in [0.25, 0.3) is 0 Å². The molecule has 5 nitrogen and oxygen atoms in total. The molecule has 8 heteroatoms. The van der Waals surface area contributed by atoms with Gasteiger partial charge in [0.05, 0.1) is 28.3 Å². The van der Waals surface area contributed by atoms with Crippen LogP contribution in [-0.2, 0) is 10.0 Å². The van der Waals surface area contributed by atoms with Crippen molar-refractivity contribution in [1.82, 2.24) is 4.98 Å². The maximum Gasteiger partial charge on any atom is 0.232 e. The Morgan fingerprint density at radius 1 is 1.17 bits per heavy atom. The van der Waals surface area contributed by atoms with E-state index in [2.05, 4.69) is 15.0 Å². The van der Waals surface area contributed by atoms with Crippen LogP contribution in [-0.4, -0.2) is 19.2 Å². The number of pyridine rings is 1. The lowest BCUT2D eigenvalue weighted by Gasteiger charge is -2.10. The molecule has 2 aromatic rings. The van der Waals surface area contributed by atoms with Crippen LogP contribution in [0.4, 0.5) is 17.2 Å². The summed E-state index contributed by atoms with van der Waals surface area (Å²) in [5.41, 5.74) is 1.09. The minimum Gasteiger partial charge on any atom is -0.339 e. The van der Waals surface area contributed by atoms with E-state index < -0.39 is 10.0 Å². The second kappa shape index (κ2) is 7.86. The molecular formula is C15H17Cl2N3O2S. The molecule has 0 aliphatic heterocycles. The van der Waals surface area contributed by atoms with Crippen molar-refractivity contribution in [3.05, 3.63) is 46.6 Å². The minimum atomic E-state index is -3.33. The fourth-order valence-electron chi connectivity index (χ4n) is 1.82. The standard InChI is InChI=1S/C15H17Cl2N3O2S/c1-2-3-8-23(21,22)20-12-5-7-15(18-10-12)19-14-6-4-11(16)9-13(14)17/h4-7,9-10,20H,2-3,8H2,1H3,(H,18,19). The summed E-state index contributed by atoms with van der Waals surface area (Å²) in [7, 11) is -3.33. The van der Waals surface area contributed by atoms with Crippen molar-refractivity contribution in [1.29, 1.82) is 0 Å². The highest BCUT2D eigenvalue weighted by Gasteiger charge is 2.10. The zero-order valence-electron chi connectivity index (χ0n) is 12.5. The number of nitrogens with zero attached hydrogens (tertiary/aromatic N) is 1. The first-order valence-corrected chi connectivity index (χ1v) is 9.49. The van der Waals surface area contributed by atoms with Crippen LogP contribution >= 0.6 is 23.2 Å². The maximum absolute atomic E-state index is 11.8. The summed E-state index contributed by atoms with van der Waals surface area (Å²) in [4.78, 5) is 4.17. The van der Waals surface area contributed by atoms with Crippen molar-refractivity contribution in [3.8, 4) is 0 Å². The van der Waals surface area contributed by atoms with E-state index in [4.69, 9.17) is 23.2 Å². The number of anilines is 3. The Morgan fingerprint density at radius 3 is 2.57 bits per heavy atom. The topological polar surface area (TPSA) is 71.1 Å². The van der Waals surface area contributed by atoms with Gasteiger partial charge in [-0.05, 0) is 36.8 Å². The molecule has 23 heavy (non-hydrogen) atoms. The first kappa shape index (κ1) is 17.8. The Morgan fingerprint density at radius 2 is 1.96 bits per heavy atom. The first-order chi connectivity index (χ1) is 10.9. The smallest absolute Gasteiger partial charge is 0.232 e. The van der Waals surface area contributed by atoms with E-state index in [1.807, 2.05) is 6.92 Å². The number of unbranched alkanes of at least 4 members (excludes halogenated alkanes) is 1. The summed E-state index contributed by atoms with van der Waals surface area (Å²) in [5, 5.41) is 4.07. The predicted octanol–water partition coefficient (Wildman–Crippen LogP) is 4.67. The molecule has 0 spiro atoms. The van der Waals surface area contributed by atoms with Gasteiger partial charge in [-0.1, -0.05) is 36.5 Å². The summed E-state index contributed by atoms with van der Waals surface area (Å²) in [6.45, 7) is 1.94. The Hall–Kier alpha value is -1.50. The monoisotopic (exact) mass is 373 g/mol. The number of sulfonamides is 1. The van der Waals surface area contributed by atoms with Crippen molar-refractivity contribution in [2.24, 2.45) is 0 Å². The number of nitrogens with one attached hydrogen (secondary N) is 2. The zero-order chi connectivity index (χ0) is 16.9. The molecule has 2 N–H and O–H groups in total. The molecule has 0 aliphatic rings. The van der Waals surface area contributed by atoms with E-state index in [9.17, 15) is 8.42 Å². The van der Waals surface area contributed by atoms with E-state index in [0.29, 0.717) is 33.7 Å². The third kappa shape index (κ3) is 5.57. The van der Waals surface area contributed by atoms with Crippen LogP contribution in [0, 0.1) is 0 Å².